The standard InChI is InChI=1S/C32H45N3O7S2/c1-2-3-4-5-6-7-8-9-10-11-12-13-14-17-24-43(38,39)27-22-20-26(21-23-27)35-31(36)25-30(34-35)33-32(37)28-18-15-16-19-29(28)44(40,41)42/h15-16,18-23H,2-14,17,24-25H2,1H3,(H,33,34,37)(H,40,41,42). The number of hydrazone groups is 1. The van der Waals surface area contributed by atoms with Crippen LogP contribution in [0.25, 0.3) is 0 Å². The molecule has 1 heterocycles. The Hall–Kier alpha value is -3.09. The van der Waals surface area contributed by atoms with Crippen LogP contribution in [0.1, 0.15) is 114 Å². The van der Waals surface area contributed by atoms with E-state index in [0.717, 1.165) is 30.3 Å². The zero-order valence-corrected chi connectivity index (χ0v) is 27.2. The van der Waals surface area contributed by atoms with Gasteiger partial charge >= 0.3 is 0 Å². The van der Waals surface area contributed by atoms with Crippen LogP contribution in [0.2, 0.25) is 0 Å². The Labute approximate surface area is 262 Å². The monoisotopic (exact) mass is 647 g/mol. The maximum Gasteiger partial charge on any atom is 0.295 e. The quantitative estimate of drug-likeness (QED) is 0.128. The molecule has 0 aromatic heterocycles. The number of carbonyl (C=O) groups excluding carboxylic acids is 2. The molecule has 0 saturated carbocycles. The van der Waals surface area contributed by atoms with Gasteiger partial charge in [0.1, 0.15) is 10.7 Å². The predicted octanol–water partition coefficient (Wildman–Crippen LogP) is 6.67. The van der Waals surface area contributed by atoms with Gasteiger partial charge < -0.3 is 5.32 Å². The smallest absolute Gasteiger partial charge is 0.295 e. The maximum atomic E-state index is 12.8. The first-order valence-electron chi connectivity index (χ1n) is 15.6. The summed E-state index contributed by atoms with van der Waals surface area (Å²) in [5, 5.41) is 7.58. The number of rotatable bonds is 19. The number of carbonyl (C=O) groups is 2. The number of amides is 2. The first-order chi connectivity index (χ1) is 21.0. The van der Waals surface area contributed by atoms with Crippen LogP contribution in [0.3, 0.4) is 0 Å². The molecule has 44 heavy (non-hydrogen) atoms. The zero-order chi connectivity index (χ0) is 32.0. The SMILES string of the molecule is CCCCCCCCCCCCCCCCS(=O)(=O)c1ccc(N2N=C(NC(=O)c3ccccc3S(=O)(=O)O)CC2=O)cc1. The Morgan fingerprint density at radius 3 is 1.86 bits per heavy atom. The van der Waals surface area contributed by atoms with Gasteiger partial charge in [-0.3, -0.25) is 14.1 Å². The number of nitrogens with one attached hydrogen (secondary N) is 1. The van der Waals surface area contributed by atoms with E-state index in [9.17, 15) is 31.0 Å². The molecule has 0 spiro atoms. The summed E-state index contributed by atoms with van der Waals surface area (Å²) < 4.78 is 58.3. The van der Waals surface area contributed by atoms with Gasteiger partial charge in [-0.1, -0.05) is 103 Å². The molecule has 2 N–H and O–H groups in total. The van der Waals surface area contributed by atoms with E-state index < -0.39 is 36.7 Å². The highest BCUT2D eigenvalue weighted by Crippen LogP contribution is 2.24. The van der Waals surface area contributed by atoms with Crippen LogP contribution in [-0.4, -0.2) is 44.8 Å². The minimum atomic E-state index is -4.64. The van der Waals surface area contributed by atoms with Gasteiger partial charge in [-0.05, 0) is 42.8 Å². The fraction of sp³-hybridized carbons (Fsp3) is 0.531. The molecule has 1 aliphatic rings. The molecular weight excluding hydrogens is 603 g/mol. The normalized spacial score (nSPS) is 13.7. The summed E-state index contributed by atoms with van der Waals surface area (Å²) in [6.45, 7) is 2.24. The Bertz CT molecular complexity index is 1490. The molecule has 0 aliphatic carbocycles. The highest BCUT2D eigenvalue weighted by atomic mass is 32.2. The Morgan fingerprint density at radius 1 is 0.795 bits per heavy atom. The molecule has 0 fully saturated rings. The van der Waals surface area contributed by atoms with Crippen LogP contribution in [0.4, 0.5) is 5.69 Å². The third-order valence-electron chi connectivity index (χ3n) is 7.65. The fourth-order valence-corrected chi connectivity index (χ4v) is 7.24. The second kappa shape index (κ2) is 17.4. The number of hydrogen-bond donors (Lipinski definition) is 2. The maximum absolute atomic E-state index is 12.8. The van der Waals surface area contributed by atoms with E-state index in [0.29, 0.717) is 12.1 Å². The van der Waals surface area contributed by atoms with E-state index in [1.165, 1.54) is 107 Å². The molecular formula is C32H45N3O7S2. The van der Waals surface area contributed by atoms with Crippen molar-refractivity contribution in [3.8, 4) is 0 Å². The zero-order valence-electron chi connectivity index (χ0n) is 25.5. The summed E-state index contributed by atoms with van der Waals surface area (Å²) in [5.74, 6) is -1.26. The van der Waals surface area contributed by atoms with Crippen molar-refractivity contribution in [3.63, 3.8) is 0 Å². The predicted molar refractivity (Wildman–Crippen MR) is 172 cm³/mol. The molecule has 2 aromatic rings. The summed E-state index contributed by atoms with van der Waals surface area (Å²) in [4.78, 5) is 24.8. The number of unbranched alkanes of at least 4 members (excludes halogenated alkanes) is 13. The van der Waals surface area contributed by atoms with Crippen molar-refractivity contribution in [2.24, 2.45) is 5.10 Å². The number of anilines is 1. The molecule has 0 unspecified atom stereocenters. The van der Waals surface area contributed by atoms with Crippen LogP contribution in [0.15, 0.2) is 63.4 Å². The number of nitrogens with zero attached hydrogens (tertiary/aromatic N) is 2. The van der Waals surface area contributed by atoms with Crippen LogP contribution in [0, 0.1) is 0 Å². The van der Waals surface area contributed by atoms with Crippen molar-refractivity contribution in [1.82, 2.24) is 5.32 Å². The third-order valence-corrected chi connectivity index (χ3v) is 10.4. The lowest BCUT2D eigenvalue weighted by atomic mass is 10.0. The summed E-state index contributed by atoms with van der Waals surface area (Å²) in [7, 11) is -8.11. The molecule has 0 bridgehead atoms. The second-order valence-electron chi connectivity index (χ2n) is 11.3. The Morgan fingerprint density at radius 2 is 1.32 bits per heavy atom. The van der Waals surface area contributed by atoms with Gasteiger partial charge in [-0.2, -0.15) is 18.5 Å². The average Bonchev–Trinajstić information content (AvgIpc) is 3.36. The Kier molecular flexibility index (Phi) is 14.0. The summed E-state index contributed by atoms with van der Waals surface area (Å²) >= 11 is 0. The molecule has 2 amide bonds. The van der Waals surface area contributed by atoms with Crippen molar-refractivity contribution in [2.45, 2.75) is 113 Å². The number of amidine groups is 1. The lowest BCUT2D eigenvalue weighted by molar-refractivity contribution is -0.116. The Balaban J connectivity index is 1.41. The molecule has 0 saturated heterocycles. The van der Waals surface area contributed by atoms with Crippen LogP contribution in [0.5, 0.6) is 0 Å². The van der Waals surface area contributed by atoms with Gasteiger partial charge in [0.2, 0.25) is 0 Å². The lowest BCUT2D eigenvalue weighted by Crippen LogP contribution is -2.30. The van der Waals surface area contributed by atoms with Crippen molar-refractivity contribution in [3.05, 3.63) is 54.1 Å². The van der Waals surface area contributed by atoms with E-state index in [1.54, 1.807) is 0 Å². The molecule has 3 rings (SSSR count). The second-order valence-corrected chi connectivity index (χ2v) is 14.8. The third kappa shape index (κ3) is 11.1. The van der Waals surface area contributed by atoms with E-state index in [2.05, 4.69) is 17.3 Å². The number of hydrogen-bond acceptors (Lipinski definition) is 7. The average molecular weight is 648 g/mol. The van der Waals surface area contributed by atoms with Gasteiger partial charge in [0.25, 0.3) is 21.9 Å². The molecule has 0 atom stereocenters. The van der Waals surface area contributed by atoms with Gasteiger partial charge in [0.15, 0.2) is 9.84 Å². The van der Waals surface area contributed by atoms with Gasteiger partial charge in [-0.15, -0.1) is 0 Å². The molecule has 242 valence electrons. The summed E-state index contributed by atoms with van der Waals surface area (Å²) in [6, 6.07) is 11.0. The van der Waals surface area contributed by atoms with Crippen molar-refractivity contribution in [1.29, 1.82) is 0 Å². The highest BCUT2D eigenvalue weighted by Gasteiger charge is 2.28. The largest absolute Gasteiger partial charge is 0.308 e. The topological polar surface area (TPSA) is 150 Å². The molecule has 1 aliphatic heterocycles. The molecule has 12 heteroatoms. The highest BCUT2D eigenvalue weighted by molar-refractivity contribution is 7.91. The minimum absolute atomic E-state index is 0.0142. The lowest BCUT2D eigenvalue weighted by Gasteiger charge is -2.12. The minimum Gasteiger partial charge on any atom is -0.308 e. The van der Waals surface area contributed by atoms with E-state index >= 15 is 0 Å². The summed E-state index contributed by atoms with van der Waals surface area (Å²) in [6.07, 6.45) is 16.5. The number of benzene rings is 2. The fourth-order valence-electron chi connectivity index (χ4n) is 5.18. The van der Waals surface area contributed by atoms with Gasteiger partial charge in [-0.25, -0.2) is 8.42 Å². The van der Waals surface area contributed by atoms with E-state index in [-0.39, 0.29) is 28.5 Å². The summed E-state index contributed by atoms with van der Waals surface area (Å²) in [5.41, 5.74) is 0.0324. The first-order valence-corrected chi connectivity index (χ1v) is 18.7. The number of sulfone groups is 1. The van der Waals surface area contributed by atoms with Crippen molar-refractivity contribution >= 4 is 43.3 Å². The molecule has 10 nitrogen and oxygen atoms in total. The van der Waals surface area contributed by atoms with Crippen molar-refractivity contribution in [2.75, 3.05) is 10.8 Å². The van der Waals surface area contributed by atoms with Crippen LogP contribution >= 0.6 is 0 Å². The van der Waals surface area contributed by atoms with Crippen LogP contribution < -0.4 is 10.3 Å². The first kappa shape index (κ1) is 35.4. The van der Waals surface area contributed by atoms with Crippen LogP contribution in [-0.2, 0) is 24.7 Å². The van der Waals surface area contributed by atoms with Crippen molar-refractivity contribution < 1.29 is 31.0 Å². The van der Waals surface area contributed by atoms with E-state index in [1.807, 2.05) is 0 Å². The van der Waals surface area contributed by atoms with Gasteiger partial charge in [0, 0.05) is 0 Å². The van der Waals surface area contributed by atoms with Gasteiger partial charge in [0.05, 0.1) is 28.3 Å². The molecule has 2 aromatic carbocycles. The van der Waals surface area contributed by atoms with E-state index in [4.69, 9.17) is 0 Å². The molecule has 0 radical (unpaired) electrons.